The van der Waals surface area contributed by atoms with Gasteiger partial charge in [0.2, 0.25) is 0 Å². The van der Waals surface area contributed by atoms with Gasteiger partial charge in [-0.3, -0.25) is 0 Å². The zero-order valence-corrected chi connectivity index (χ0v) is 10.3. The lowest BCUT2D eigenvalue weighted by molar-refractivity contribution is 0.192. The molecule has 89 valence electrons. The molecule has 0 amide bonds. The van der Waals surface area contributed by atoms with Crippen molar-refractivity contribution in [3.05, 3.63) is 42.8 Å². The van der Waals surface area contributed by atoms with Crippen molar-refractivity contribution in [2.45, 2.75) is 38.0 Å². The average molecular weight is 219 g/mol. The Balaban J connectivity index is 2.09. The van der Waals surface area contributed by atoms with E-state index in [2.05, 4.69) is 37.3 Å². The van der Waals surface area contributed by atoms with E-state index in [1.807, 2.05) is 0 Å². The third-order valence-corrected chi connectivity index (χ3v) is 2.92. The van der Waals surface area contributed by atoms with E-state index in [0.717, 1.165) is 6.61 Å². The summed E-state index contributed by atoms with van der Waals surface area (Å²) in [5, 5.41) is 0. The minimum Gasteiger partial charge on any atom is -0.385 e. The van der Waals surface area contributed by atoms with Gasteiger partial charge in [-0.15, -0.1) is 0 Å². The van der Waals surface area contributed by atoms with Crippen LogP contribution in [0.25, 0.3) is 0 Å². The number of unbranched alkanes of at least 4 members (excludes halogenated alkanes) is 3. The summed E-state index contributed by atoms with van der Waals surface area (Å²) in [7, 11) is 1.77. The van der Waals surface area contributed by atoms with E-state index in [4.69, 9.17) is 4.74 Å². The van der Waals surface area contributed by atoms with Crippen molar-refractivity contribution in [1.82, 2.24) is 0 Å². The second-order valence-electron chi connectivity index (χ2n) is 4.30. The molecule has 0 aliphatic rings. The Morgan fingerprint density at radius 1 is 1.06 bits per heavy atom. The van der Waals surface area contributed by atoms with Gasteiger partial charge in [0.05, 0.1) is 0 Å². The molecule has 1 rings (SSSR count). The van der Waals surface area contributed by atoms with Crippen LogP contribution in [0.1, 0.15) is 43.6 Å². The summed E-state index contributed by atoms with van der Waals surface area (Å²) in [6, 6.07) is 10.6. The van der Waals surface area contributed by atoms with Gasteiger partial charge in [0, 0.05) is 13.7 Å². The van der Waals surface area contributed by atoms with Gasteiger partial charge in [0.1, 0.15) is 0 Å². The summed E-state index contributed by atoms with van der Waals surface area (Å²) >= 11 is 0. The van der Waals surface area contributed by atoms with E-state index in [-0.39, 0.29) is 0 Å². The number of hydrogen-bond donors (Lipinski definition) is 0. The molecule has 0 spiro atoms. The Kier molecular flexibility index (Phi) is 6.91. The second-order valence-corrected chi connectivity index (χ2v) is 4.30. The topological polar surface area (TPSA) is 9.23 Å². The molecule has 16 heavy (non-hydrogen) atoms. The number of rotatable bonds is 8. The molecule has 0 N–H and O–H groups in total. The summed E-state index contributed by atoms with van der Waals surface area (Å²) in [5.74, 6) is 0.448. The number of methoxy groups -OCH3 is 1. The van der Waals surface area contributed by atoms with Crippen LogP contribution in [0.15, 0.2) is 30.3 Å². The highest BCUT2D eigenvalue weighted by Gasteiger charge is 2.03. The Bertz CT molecular complexity index is 255. The minimum atomic E-state index is 0.448. The van der Waals surface area contributed by atoms with Gasteiger partial charge in [-0.25, -0.2) is 0 Å². The number of benzene rings is 1. The molecule has 0 saturated heterocycles. The van der Waals surface area contributed by atoms with Crippen LogP contribution in [0.3, 0.4) is 0 Å². The third kappa shape index (κ3) is 5.32. The predicted molar refractivity (Wildman–Crippen MR) is 69.5 cm³/mol. The molecule has 0 fully saturated rings. The fourth-order valence-electron chi connectivity index (χ4n) is 1.88. The molecular formula is C15H23O. The van der Waals surface area contributed by atoms with E-state index >= 15 is 0 Å². The molecule has 0 aromatic heterocycles. The monoisotopic (exact) mass is 219 g/mol. The van der Waals surface area contributed by atoms with Crippen LogP contribution in [0, 0.1) is 6.92 Å². The van der Waals surface area contributed by atoms with Crippen LogP contribution >= 0.6 is 0 Å². The quantitative estimate of drug-likeness (QED) is 0.595. The molecule has 0 heterocycles. The van der Waals surface area contributed by atoms with Crippen molar-refractivity contribution >= 4 is 0 Å². The summed E-state index contributed by atoms with van der Waals surface area (Å²) in [6.07, 6.45) is 6.21. The Hall–Kier alpha value is -0.820. The van der Waals surface area contributed by atoms with Gasteiger partial charge in [-0.2, -0.15) is 0 Å². The number of hydrogen-bond acceptors (Lipinski definition) is 1. The first-order chi connectivity index (χ1) is 7.84. The lowest BCUT2D eigenvalue weighted by atomic mass is 9.95. The largest absolute Gasteiger partial charge is 0.385 e. The molecule has 1 heteroatoms. The molecular weight excluding hydrogens is 196 g/mol. The van der Waals surface area contributed by atoms with Gasteiger partial charge in [-0.05, 0) is 31.2 Å². The number of ether oxygens (including phenoxy) is 1. The molecule has 0 aliphatic carbocycles. The molecule has 1 nitrogen and oxygen atoms in total. The Morgan fingerprint density at radius 2 is 1.75 bits per heavy atom. The van der Waals surface area contributed by atoms with Crippen LogP contribution < -0.4 is 0 Å². The first-order valence-electron chi connectivity index (χ1n) is 6.21. The molecule has 0 bridgehead atoms. The predicted octanol–water partition coefficient (Wildman–Crippen LogP) is 4.20. The van der Waals surface area contributed by atoms with Crippen molar-refractivity contribution in [2.75, 3.05) is 13.7 Å². The van der Waals surface area contributed by atoms with Gasteiger partial charge in [0.25, 0.3) is 0 Å². The summed E-state index contributed by atoms with van der Waals surface area (Å²) < 4.78 is 5.03. The molecule has 1 aromatic carbocycles. The van der Waals surface area contributed by atoms with Crippen LogP contribution in [0.5, 0.6) is 0 Å². The minimum absolute atomic E-state index is 0.448. The fourth-order valence-corrected chi connectivity index (χ4v) is 1.88. The summed E-state index contributed by atoms with van der Waals surface area (Å²) in [4.78, 5) is 0. The molecule has 1 radical (unpaired) electrons. The maximum absolute atomic E-state index is 5.03. The fraction of sp³-hybridized carbons (Fsp3) is 0.533. The van der Waals surface area contributed by atoms with Crippen LogP contribution in [-0.4, -0.2) is 13.7 Å². The molecule has 0 saturated carbocycles. The highest BCUT2D eigenvalue weighted by molar-refractivity contribution is 5.20. The van der Waals surface area contributed by atoms with E-state index in [1.54, 1.807) is 7.11 Å². The SMILES string of the molecule is [CH2]C(CCCCCCOC)c1ccccc1. The Labute approximate surface area is 99.8 Å². The van der Waals surface area contributed by atoms with Crippen LogP contribution in [-0.2, 0) is 4.74 Å². The van der Waals surface area contributed by atoms with E-state index < -0.39 is 0 Å². The van der Waals surface area contributed by atoms with E-state index in [0.29, 0.717) is 5.92 Å². The normalized spacial score (nSPS) is 12.6. The van der Waals surface area contributed by atoms with E-state index in [9.17, 15) is 0 Å². The van der Waals surface area contributed by atoms with Crippen molar-refractivity contribution in [3.8, 4) is 0 Å². The zero-order chi connectivity index (χ0) is 11.6. The van der Waals surface area contributed by atoms with Crippen LogP contribution in [0.2, 0.25) is 0 Å². The molecule has 0 aliphatic heterocycles. The molecule has 1 atom stereocenters. The van der Waals surface area contributed by atoms with Crippen molar-refractivity contribution in [1.29, 1.82) is 0 Å². The summed E-state index contributed by atoms with van der Waals surface area (Å²) in [5.41, 5.74) is 1.36. The Morgan fingerprint density at radius 3 is 2.44 bits per heavy atom. The van der Waals surface area contributed by atoms with Gasteiger partial charge in [-0.1, -0.05) is 49.6 Å². The maximum Gasteiger partial charge on any atom is 0.0462 e. The van der Waals surface area contributed by atoms with Crippen LogP contribution in [0.4, 0.5) is 0 Å². The first-order valence-corrected chi connectivity index (χ1v) is 6.21. The van der Waals surface area contributed by atoms with Crippen molar-refractivity contribution in [3.63, 3.8) is 0 Å². The zero-order valence-electron chi connectivity index (χ0n) is 10.3. The lowest BCUT2D eigenvalue weighted by Crippen LogP contribution is -1.94. The molecule has 1 unspecified atom stereocenters. The maximum atomic E-state index is 5.03. The van der Waals surface area contributed by atoms with Crippen molar-refractivity contribution in [2.24, 2.45) is 0 Å². The lowest BCUT2D eigenvalue weighted by Gasteiger charge is -2.11. The van der Waals surface area contributed by atoms with E-state index in [1.165, 1.54) is 37.7 Å². The highest BCUT2D eigenvalue weighted by atomic mass is 16.5. The van der Waals surface area contributed by atoms with Crippen molar-refractivity contribution < 1.29 is 4.74 Å². The first kappa shape index (κ1) is 13.2. The van der Waals surface area contributed by atoms with Gasteiger partial charge < -0.3 is 4.74 Å². The smallest absolute Gasteiger partial charge is 0.0462 e. The highest BCUT2D eigenvalue weighted by Crippen LogP contribution is 2.21. The van der Waals surface area contributed by atoms with Gasteiger partial charge >= 0.3 is 0 Å². The third-order valence-electron chi connectivity index (χ3n) is 2.92. The van der Waals surface area contributed by atoms with Gasteiger partial charge in [0.15, 0.2) is 0 Å². The summed E-state index contributed by atoms with van der Waals surface area (Å²) in [6.45, 7) is 5.11. The standard InChI is InChI=1S/C15H23O/c1-14(15-11-7-5-8-12-15)10-6-3-4-9-13-16-2/h5,7-8,11-12,14H,1,3-4,6,9-10,13H2,2H3. The average Bonchev–Trinajstić information content (AvgIpc) is 2.34. The second kappa shape index (κ2) is 8.35. The molecule has 1 aromatic rings.